The van der Waals surface area contributed by atoms with E-state index in [-0.39, 0.29) is 5.95 Å². The number of aliphatic imine (C=N–C) groups is 2. The van der Waals surface area contributed by atoms with Crippen LogP contribution in [0.3, 0.4) is 0 Å². The lowest BCUT2D eigenvalue weighted by Crippen LogP contribution is -2.35. The number of anilines is 1. The third-order valence-corrected chi connectivity index (χ3v) is 7.73. The maximum Gasteiger partial charge on any atom is 0.243 e. The summed E-state index contributed by atoms with van der Waals surface area (Å²) in [6.07, 6.45) is 4.96. The summed E-state index contributed by atoms with van der Waals surface area (Å²) in [5.41, 5.74) is 2.90. The lowest BCUT2D eigenvalue weighted by Gasteiger charge is -2.21. The molecule has 1 aromatic carbocycles. The van der Waals surface area contributed by atoms with Crippen LogP contribution in [0.25, 0.3) is 17.1 Å². The summed E-state index contributed by atoms with van der Waals surface area (Å²) in [5, 5.41) is 7.59. The number of hydrogen-bond acceptors (Lipinski definition) is 8. The number of sulfonamides is 1. The van der Waals surface area contributed by atoms with Crippen molar-refractivity contribution in [1.29, 1.82) is 0 Å². The van der Waals surface area contributed by atoms with Crippen LogP contribution < -0.4 is 14.2 Å². The minimum absolute atomic E-state index is 0.0438. The van der Waals surface area contributed by atoms with Crippen molar-refractivity contribution < 1.29 is 17.9 Å². The second-order valence-electron chi connectivity index (χ2n) is 8.94. The Morgan fingerprint density at radius 2 is 1.79 bits per heavy atom. The van der Waals surface area contributed by atoms with Crippen molar-refractivity contribution in [1.82, 2.24) is 19.7 Å². The number of nitrogens with zero attached hydrogens (tertiary/aromatic N) is 6. The van der Waals surface area contributed by atoms with E-state index in [4.69, 9.17) is 9.47 Å². The first-order valence-corrected chi connectivity index (χ1v) is 13.4. The van der Waals surface area contributed by atoms with Gasteiger partial charge in [0.25, 0.3) is 0 Å². The van der Waals surface area contributed by atoms with Gasteiger partial charge in [0.2, 0.25) is 16.0 Å². The zero-order valence-corrected chi connectivity index (χ0v) is 23.4. The summed E-state index contributed by atoms with van der Waals surface area (Å²) in [6.45, 7) is 12.5. The molecule has 0 amide bonds. The molecule has 0 saturated heterocycles. The third-order valence-electron chi connectivity index (χ3n) is 5.87. The van der Waals surface area contributed by atoms with E-state index in [1.165, 1.54) is 14.2 Å². The van der Waals surface area contributed by atoms with Crippen LogP contribution in [0.2, 0.25) is 0 Å². The van der Waals surface area contributed by atoms with Gasteiger partial charge in [-0.05, 0) is 58.2 Å². The van der Waals surface area contributed by atoms with Crippen LogP contribution in [0.1, 0.15) is 33.3 Å². The number of allylic oxidation sites excluding steroid dienone is 1. The van der Waals surface area contributed by atoms with Crippen LogP contribution in [0.15, 0.2) is 58.4 Å². The summed E-state index contributed by atoms with van der Waals surface area (Å²) in [4.78, 5) is 12.5. The maximum atomic E-state index is 13.6. The Morgan fingerprint density at radius 3 is 2.34 bits per heavy atom. The molecule has 0 bridgehead atoms. The minimum atomic E-state index is -4.01. The summed E-state index contributed by atoms with van der Waals surface area (Å²) in [5.74, 6) is 0.903. The normalized spacial score (nSPS) is 13.4. The van der Waals surface area contributed by atoms with Crippen molar-refractivity contribution in [3.63, 3.8) is 0 Å². The fourth-order valence-electron chi connectivity index (χ4n) is 3.67. The number of rotatable bonds is 10. The molecule has 11 nitrogen and oxygen atoms in total. The van der Waals surface area contributed by atoms with Crippen molar-refractivity contribution in [2.75, 3.05) is 18.9 Å². The lowest BCUT2D eigenvalue weighted by molar-refractivity contribution is 0.391. The van der Waals surface area contributed by atoms with Crippen LogP contribution in [-0.4, -0.2) is 60.2 Å². The van der Waals surface area contributed by atoms with Crippen LogP contribution in [0.5, 0.6) is 11.5 Å². The molecule has 202 valence electrons. The molecule has 0 spiro atoms. The molecule has 12 heteroatoms. The molecule has 0 aliphatic carbocycles. The van der Waals surface area contributed by atoms with Gasteiger partial charge in [0.05, 0.1) is 19.5 Å². The predicted octanol–water partition coefficient (Wildman–Crippen LogP) is 4.44. The predicted molar refractivity (Wildman–Crippen MR) is 150 cm³/mol. The van der Waals surface area contributed by atoms with E-state index in [1.807, 2.05) is 26.8 Å². The van der Waals surface area contributed by atoms with E-state index in [0.717, 1.165) is 11.1 Å². The molecule has 3 aromatic rings. The first-order valence-electron chi connectivity index (χ1n) is 11.8. The first kappa shape index (κ1) is 28.5. The Hall–Kier alpha value is -4.06. The van der Waals surface area contributed by atoms with Crippen molar-refractivity contribution in [2.24, 2.45) is 15.9 Å². The Morgan fingerprint density at radius 1 is 1.13 bits per heavy atom. The number of hydrogen-bond donors (Lipinski definition) is 1. The molecule has 0 aliphatic heterocycles. The monoisotopic (exact) mass is 539 g/mol. The Bertz CT molecular complexity index is 1450. The average molecular weight is 540 g/mol. The number of amidine groups is 1. The van der Waals surface area contributed by atoms with Gasteiger partial charge >= 0.3 is 0 Å². The number of pyridine rings is 1. The molecular weight excluding hydrogens is 506 g/mol. The molecule has 0 radical (unpaired) electrons. The van der Waals surface area contributed by atoms with Crippen molar-refractivity contribution in [3.8, 4) is 28.6 Å². The van der Waals surface area contributed by atoms with Crippen LogP contribution in [0.4, 0.5) is 5.95 Å². The standard InChI is InChI=1S/C26H33N7O4S/c1-16(2)13-29-24(27-6)18(4)19(5)38(34,35)32-26-31-30-25(20-12-17(3)14-28-15-20)33(26)23-21(36-7)10-9-11-22(23)37-8/h9-15,18-19H,6H2,1-5,7-8H3,(H,31,32)/b29-24-/t18-,19-/m0/s1. The van der Waals surface area contributed by atoms with Crippen LogP contribution in [-0.2, 0) is 10.0 Å². The fraction of sp³-hybridized carbons (Fsp3) is 0.346. The molecule has 1 N–H and O–H groups in total. The molecule has 38 heavy (non-hydrogen) atoms. The molecule has 0 unspecified atom stereocenters. The van der Waals surface area contributed by atoms with Gasteiger partial charge in [-0.3, -0.25) is 14.3 Å². The molecule has 2 heterocycles. The average Bonchev–Trinajstić information content (AvgIpc) is 3.29. The minimum Gasteiger partial charge on any atom is -0.494 e. The highest BCUT2D eigenvalue weighted by Gasteiger charge is 2.32. The van der Waals surface area contributed by atoms with Gasteiger partial charge in [-0.2, -0.15) is 0 Å². The van der Waals surface area contributed by atoms with E-state index in [1.54, 1.807) is 55.2 Å². The molecule has 0 aliphatic rings. The molecule has 0 fully saturated rings. The van der Waals surface area contributed by atoms with Gasteiger partial charge in [-0.25, -0.2) is 18.4 Å². The van der Waals surface area contributed by atoms with E-state index in [2.05, 4.69) is 36.6 Å². The highest BCUT2D eigenvalue weighted by molar-refractivity contribution is 7.93. The molecule has 2 atom stereocenters. The summed E-state index contributed by atoms with van der Waals surface area (Å²) in [6, 6.07) is 7.12. The molecule has 0 saturated carbocycles. The van der Waals surface area contributed by atoms with Gasteiger partial charge in [-0.15, -0.1) is 10.2 Å². The fourth-order valence-corrected chi connectivity index (χ4v) is 4.91. The lowest BCUT2D eigenvalue weighted by atomic mass is 10.1. The van der Waals surface area contributed by atoms with Gasteiger partial charge in [0.1, 0.15) is 23.0 Å². The zero-order chi connectivity index (χ0) is 28.0. The Labute approximate surface area is 223 Å². The number of ether oxygens (including phenoxy) is 2. The van der Waals surface area contributed by atoms with E-state index >= 15 is 0 Å². The number of para-hydroxylation sites is 1. The van der Waals surface area contributed by atoms with Crippen LogP contribution in [0, 0.1) is 12.8 Å². The van der Waals surface area contributed by atoms with Gasteiger partial charge < -0.3 is 9.47 Å². The number of aryl methyl sites for hydroxylation is 1. The third kappa shape index (κ3) is 6.08. The topological polar surface area (TPSA) is 133 Å². The molecule has 2 aromatic heterocycles. The van der Waals surface area contributed by atoms with Crippen molar-refractivity contribution in [2.45, 2.75) is 39.9 Å². The molecule has 3 rings (SSSR count). The smallest absolute Gasteiger partial charge is 0.243 e. The Balaban J connectivity index is 2.17. The van der Waals surface area contributed by atoms with E-state index in [9.17, 15) is 8.42 Å². The quantitative estimate of drug-likeness (QED) is 0.297. The Kier molecular flexibility index (Phi) is 9.00. The second-order valence-corrected chi connectivity index (χ2v) is 11.0. The van der Waals surface area contributed by atoms with Crippen molar-refractivity contribution in [3.05, 3.63) is 54.0 Å². The van der Waals surface area contributed by atoms with Crippen LogP contribution >= 0.6 is 0 Å². The highest BCUT2D eigenvalue weighted by Crippen LogP contribution is 2.38. The second kappa shape index (κ2) is 12.0. The number of methoxy groups -OCH3 is 2. The SMILES string of the molecule is C=N/C(=N\C=C(C)C)[C@@H](C)[C@H](C)S(=O)(=O)Nc1nnc(-c2cncc(C)c2)n1-c1c(OC)cccc1OC. The summed E-state index contributed by atoms with van der Waals surface area (Å²) >= 11 is 0. The summed E-state index contributed by atoms with van der Waals surface area (Å²) < 4.78 is 42.5. The highest BCUT2D eigenvalue weighted by atomic mass is 32.2. The summed E-state index contributed by atoms with van der Waals surface area (Å²) in [7, 11) is -0.986. The number of aromatic nitrogens is 4. The maximum absolute atomic E-state index is 13.6. The van der Waals surface area contributed by atoms with E-state index in [0.29, 0.717) is 34.4 Å². The number of nitrogens with one attached hydrogen (secondary N) is 1. The van der Waals surface area contributed by atoms with Gasteiger partial charge in [-0.1, -0.05) is 18.6 Å². The van der Waals surface area contributed by atoms with Gasteiger partial charge in [0, 0.05) is 30.1 Å². The van der Waals surface area contributed by atoms with Crippen molar-refractivity contribution >= 4 is 28.5 Å². The van der Waals surface area contributed by atoms with Gasteiger partial charge in [0.15, 0.2) is 5.82 Å². The number of benzene rings is 1. The largest absolute Gasteiger partial charge is 0.494 e. The zero-order valence-electron chi connectivity index (χ0n) is 22.6. The molecular formula is C26H33N7O4S. The first-order chi connectivity index (χ1) is 18.0. The van der Waals surface area contributed by atoms with E-state index < -0.39 is 21.2 Å².